The number of rotatable bonds is 4. The van der Waals surface area contributed by atoms with Crippen LogP contribution in [0, 0.1) is 11.8 Å². The predicted octanol–water partition coefficient (Wildman–Crippen LogP) is 0.809. The second-order valence-corrected chi connectivity index (χ2v) is 6.95. The van der Waals surface area contributed by atoms with Crippen molar-refractivity contribution in [2.24, 2.45) is 11.8 Å². The Balaban J connectivity index is 2.09. The molecule has 0 amide bonds. The third-order valence-corrected chi connectivity index (χ3v) is 5.89. The summed E-state index contributed by atoms with van der Waals surface area (Å²) in [4.78, 5) is 0. The molecule has 2 unspecified atom stereocenters. The summed E-state index contributed by atoms with van der Waals surface area (Å²) < 4.78 is 23.6. The highest BCUT2D eigenvalue weighted by molar-refractivity contribution is 7.92. The number of nitrogens with one attached hydrogen (secondary N) is 1. The van der Waals surface area contributed by atoms with Crippen LogP contribution in [0.15, 0.2) is 0 Å². The van der Waals surface area contributed by atoms with E-state index in [-0.39, 0.29) is 5.25 Å². The quantitative estimate of drug-likeness (QED) is 0.758. The molecule has 1 aliphatic heterocycles. The molecule has 4 heteroatoms. The zero-order valence-electron chi connectivity index (χ0n) is 8.70. The monoisotopic (exact) mass is 217 g/mol. The molecular weight excluding hydrogens is 198 g/mol. The summed E-state index contributed by atoms with van der Waals surface area (Å²) in [7, 11) is -0.840. The number of hydrogen-bond acceptors (Lipinski definition) is 3. The van der Waals surface area contributed by atoms with Gasteiger partial charge in [0, 0.05) is 0 Å². The molecule has 1 saturated carbocycles. The molecule has 0 aromatic carbocycles. The number of sulfone groups is 1. The molecule has 1 N–H and O–H groups in total. The van der Waals surface area contributed by atoms with Crippen LogP contribution in [0.5, 0.6) is 0 Å². The van der Waals surface area contributed by atoms with Crippen LogP contribution in [0.2, 0.25) is 0 Å². The van der Waals surface area contributed by atoms with Crippen molar-refractivity contribution in [3.05, 3.63) is 0 Å². The van der Waals surface area contributed by atoms with Crippen LogP contribution in [0.1, 0.15) is 25.7 Å². The Labute approximate surface area is 86.2 Å². The normalized spacial score (nSPS) is 33.1. The van der Waals surface area contributed by atoms with E-state index in [1.807, 2.05) is 7.05 Å². The van der Waals surface area contributed by atoms with Gasteiger partial charge in [-0.25, -0.2) is 8.42 Å². The lowest BCUT2D eigenvalue weighted by Gasteiger charge is -2.22. The Kier molecular flexibility index (Phi) is 2.84. The van der Waals surface area contributed by atoms with Crippen LogP contribution in [0.4, 0.5) is 0 Å². The van der Waals surface area contributed by atoms with Gasteiger partial charge in [0.05, 0.1) is 11.0 Å². The van der Waals surface area contributed by atoms with E-state index in [0.717, 1.165) is 19.4 Å². The Morgan fingerprint density at radius 1 is 1.36 bits per heavy atom. The maximum atomic E-state index is 11.8. The van der Waals surface area contributed by atoms with Crippen molar-refractivity contribution < 1.29 is 8.42 Å². The lowest BCUT2D eigenvalue weighted by atomic mass is 9.96. The van der Waals surface area contributed by atoms with Crippen LogP contribution >= 0.6 is 0 Å². The molecule has 14 heavy (non-hydrogen) atoms. The smallest absolute Gasteiger partial charge is 0.153 e. The van der Waals surface area contributed by atoms with Gasteiger partial charge in [0.1, 0.15) is 0 Å². The molecular formula is C10H19NO2S. The van der Waals surface area contributed by atoms with Gasteiger partial charge in [0.25, 0.3) is 0 Å². The highest BCUT2D eigenvalue weighted by atomic mass is 32.2. The summed E-state index contributed by atoms with van der Waals surface area (Å²) in [6.07, 6.45) is 4.24. The van der Waals surface area contributed by atoms with Crippen LogP contribution in [0.25, 0.3) is 0 Å². The minimum atomic E-state index is -2.75. The average molecular weight is 217 g/mol. The molecule has 0 aromatic rings. The van der Waals surface area contributed by atoms with E-state index in [1.54, 1.807) is 0 Å². The van der Waals surface area contributed by atoms with E-state index in [4.69, 9.17) is 0 Å². The Morgan fingerprint density at radius 3 is 2.50 bits per heavy atom. The largest absolute Gasteiger partial charge is 0.319 e. The van der Waals surface area contributed by atoms with Crippen LogP contribution in [0.3, 0.4) is 0 Å². The lowest BCUT2D eigenvalue weighted by molar-refractivity contribution is 0.407. The number of hydrogen-bond donors (Lipinski definition) is 1. The predicted molar refractivity (Wildman–Crippen MR) is 56.9 cm³/mol. The van der Waals surface area contributed by atoms with E-state index >= 15 is 0 Å². The molecule has 0 spiro atoms. The van der Waals surface area contributed by atoms with Crippen molar-refractivity contribution in [2.45, 2.75) is 30.9 Å². The Bertz CT molecular complexity index is 295. The van der Waals surface area contributed by atoms with Gasteiger partial charge in [-0.3, -0.25) is 0 Å². The summed E-state index contributed by atoms with van der Waals surface area (Å²) >= 11 is 0. The first kappa shape index (κ1) is 10.4. The molecule has 2 fully saturated rings. The molecule has 1 aliphatic carbocycles. The maximum absolute atomic E-state index is 11.8. The van der Waals surface area contributed by atoms with Gasteiger partial charge in [0.2, 0.25) is 0 Å². The topological polar surface area (TPSA) is 46.2 Å². The summed E-state index contributed by atoms with van der Waals surface area (Å²) in [5.74, 6) is 1.48. The maximum Gasteiger partial charge on any atom is 0.153 e. The minimum absolute atomic E-state index is 0.0394. The molecule has 2 rings (SSSR count). The Morgan fingerprint density at radius 2 is 2.07 bits per heavy atom. The van der Waals surface area contributed by atoms with Gasteiger partial charge in [-0.2, -0.15) is 0 Å². The summed E-state index contributed by atoms with van der Waals surface area (Å²) in [6.45, 7) is 0.870. The fourth-order valence-corrected chi connectivity index (χ4v) is 4.91. The molecule has 3 nitrogen and oxygen atoms in total. The van der Waals surface area contributed by atoms with Crippen molar-refractivity contribution in [2.75, 3.05) is 19.3 Å². The summed E-state index contributed by atoms with van der Waals surface area (Å²) in [5.41, 5.74) is 0. The average Bonchev–Trinajstić information content (AvgIpc) is 2.88. The minimum Gasteiger partial charge on any atom is -0.319 e. The molecule has 0 bridgehead atoms. The van der Waals surface area contributed by atoms with Crippen molar-refractivity contribution in [3.63, 3.8) is 0 Å². The molecule has 1 heterocycles. The van der Waals surface area contributed by atoms with Gasteiger partial charge in [-0.1, -0.05) is 0 Å². The molecule has 1 saturated heterocycles. The van der Waals surface area contributed by atoms with Gasteiger partial charge < -0.3 is 5.32 Å². The van der Waals surface area contributed by atoms with Crippen LogP contribution in [-0.2, 0) is 9.84 Å². The highest BCUT2D eigenvalue weighted by Crippen LogP contribution is 2.42. The van der Waals surface area contributed by atoms with Gasteiger partial charge in [-0.05, 0) is 51.1 Å². The van der Waals surface area contributed by atoms with E-state index in [9.17, 15) is 8.42 Å². The third kappa shape index (κ3) is 1.96. The zero-order valence-corrected chi connectivity index (χ0v) is 9.52. The second-order valence-electron chi connectivity index (χ2n) is 4.61. The van der Waals surface area contributed by atoms with Gasteiger partial charge >= 0.3 is 0 Å². The van der Waals surface area contributed by atoms with Gasteiger partial charge in [0.15, 0.2) is 9.84 Å². The second kappa shape index (κ2) is 3.81. The Hall–Kier alpha value is -0.0900. The van der Waals surface area contributed by atoms with E-state index in [2.05, 4.69) is 5.32 Å². The summed E-state index contributed by atoms with van der Waals surface area (Å²) in [6, 6.07) is 0. The van der Waals surface area contributed by atoms with Crippen molar-refractivity contribution in [1.82, 2.24) is 5.32 Å². The molecule has 0 aromatic heterocycles. The fraction of sp³-hybridized carbons (Fsp3) is 1.00. The van der Waals surface area contributed by atoms with E-state index in [1.165, 1.54) is 12.8 Å². The molecule has 2 atom stereocenters. The third-order valence-electron chi connectivity index (χ3n) is 3.52. The van der Waals surface area contributed by atoms with Crippen molar-refractivity contribution >= 4 is 9.84 Å². The summed E-state index contributed by atoms with van der Waals surface area (Å²) in [5, 5.41) is 3.10. The highest BCUT2D eigenvalue weighted by Gasteiger charge is 2.44. The first-order valence-electron chi connectivity index (χ1n) is 5.51. The fourth-order valence-electron chi connectivity index (χ4n) is 2.66. The van der Waals surface area contributed by atoms with E-state index in [0.29, 0.717) is 17.6 Å². The SMILES string of the molecule is CNCC(C1CC1)C1CCCS1(=O)=O. The van der Waals surface area contributed by atoms with Gasteiger partial charge in [-0.15, -0.1) is 0 Å². The van der Waals surface area contributed by atoms with Crippen molar-refractivity contribution in [3.8, 4) is 0 Å². The van der Waals surface area contributed by atoms with Crippen LogP contribution in [-0.4, -0.2) is 33.0 Å². The first-order chi connectivity index (χ1) is 6.65. The van der Waals surface area contributed by atoms with E-state index < -0.39 is 9.84 Å². The molecule has 82 valence electrons. The zero-order chi connectivity index (χ0) is 10.2. The standard InChI is InChI=1S/C10H19NO2S/c1-11-7-9(8-4-5-8)10-3-2-6-14(10,12)13/h8-11H,2-7H2,1H3. The van der Waals surface area contributed by atoms with Crippen LogP contribution < -0.4 is 5.32 Å². The van der Waals surface area contributed by atoms with Crippen molar-refractivity contribution in [1.29, 1.82) is 0 Å². The first-order valence-corrected chi connectivity index (χ1v) is 7.23. The lowest BCUT2D eigenvalue weighted by Crippen LogP contribution is -2.34. The molecule has 2 aliphatic rings. The molecule has 0 radical (unpaired) electrons.